The number of rotatable bonds is 5. The molecule has 0 bridgehead atoms. The molecular weight excluding hydrogens is 342 g/mol. The quantitative estimate of drug-likeness (QED) is 0.882. The van der Waals surface area contributed by atoms with Crippen molar-refractivity contribution < 1.29 is 13.2 Å². The second-order valence-corrected chi connectivity index (χ2v) is 7.38. The van der Waals surface area contributed by atoms with Crippen molar-refractivity contribution in [3.63, 3.8) is 0 Å². The van der Waals surface area contributed by atoms with Crippen LogP contribution in [0.15, 0.2) is 22.7 Å². The van der Waals surface area contributed by atoms with Gasteiger partial charge < -0.3 is 5.32 Å². The highest BCUT2D eigenvalue weighted by atomic mass is 79.9. The summed E-state index contributed by atoms with van der Waals surface area (Å²) in [5, 5.41) is 3.08. The largest absolute Gasteiger partial charge is 0.351 e. The highest BCUT2D eigenvalue weighted by molar-refractivity contribution is 9.10. The minimum absolute atomic E-state index is 0.0551. The molecule has 1 aromatic rings. The van der Waals surface area contributed by atoms with Crippen LogP contribution in [0.1, 0.15) is 17.3 Å². The molecule has 0 aromatic heterocycles. The molecule has 0 saturated carbocycles. The Labute approximate surface area is 120 Å². The van der Waals surface area contributed by atoms with Gasteiger partial charge in [0.1, 0.15) is 0 Å². The number of carbonyl (C=O) groups is 1. The van der Waals surface area contributed by atoms with E-state index in [0.29, 0.717) is 15.1 Å². The summed E-state index contributed by atoms with van der Waals surface area (Å²) in [6, 6.07) is 4.79. The molecule has 0 unspecified atom stereocenters. The maximum Gasteiger partial charge on any atom is 0.252 e. The smallest absolute Gasteiger partial charge is 0.252 e. The second-order valence-electron chi connectivity index (χ2n) is 3.62. The Morgan fingerprint density at radius 2 is 2.11 bits per heavy atom. The van der Waals surface area contributed by atoms with Crippen molar-refractivity contribution in [2.45, 2.75) is 6.92 Å². The molecule has 1 N–H and O–H groups in total. The number of nitrogens with one attached hydrogen (secondary N) is 1. The van der Waals surface area contributed by atoms with E-state index in [2.05, 4.69) is 21.2 Å². The Bertz CT molecular complexity index is 545. The molecule has 1 amide bonds. The van der Waals surface area contributed by atoms with Gasteiger partial charge in [-0.15, -0.1) is 0 Å². The molecule has 0 aliphatic rings. The van der Waals surface area contributed by atoms with Gasteiger partial charge in [0, 0.05) is 21.8 Å². The molecule has 18 heavy (non-hydrogen) atoms. The molecular formula is C11H13BrClNO3S. The van der Waals surface area contributed by atoms with E-state index in [9.17, 15) is 13.2 Å². The molecule has 0 atom stereocenters. The molecule has 0 aliphatic carbocycles. The van der Waals surface area contributed by atoms with Crippen molar-refractivity contribution in [1.29, 1.82) is 0 Å². The van der Waals surface area contributed by atoms with Gasteiger partial charge in [0.05, 0.1) is 11.3 Å². The Balaban J connectivity index is 2.61. The molecule has 0 spiro atoms. The number of carbonyl (C=O) groups excluding carboxylic acids is 1. The zero-order valence-corrected chi connectivity index (χ0v) is 12.9. The van der Waals surface area contributed by atoms with Gasteiger partial charge in [0.15, 0.2) is 9.84 Å². The Hall–Kier alpha value is -0.590. The SMILES string of the molecule is CCS(=O)(=O)CCNC(=O)c1ccc(Cl)cc1Br. The molecule has 4 nitrogen and oxygen atoms in total. The number of halogens is 2. The van der Waals surface area contributed by atoms with E-state index < -0.39 is 9.84 Å². The number of sulfone groups is 1. The summed E-state index contributed by atoms with van der Waals surface area (Å²) in [5.74, 6) is -0.307. The van der Waals surface area contributed by atoms with Crippen LogP contribution in [0.5, 0.6) is 0 Å². The summed E-state index contributed by atoms with van der Waals surface area (Å²) in [4.78, 5) is 11.8. The Morgan fingerprint density at radius 3 is 2.67 bits per heavy atom. The van der Waals surface area contributed by atoms with Gasteiger partial charge in [-0.05, 0) is 34.1 Å². The first-order valence-corrected chi connectivity index (χ1v) is 8.28. The van der Waals surface area contributed by atoms with Gasteiger partial charge in [0.2, 0.25) is 0 Å². The minimum Gasteiger partial charge on any atom is -0.351 e. The Morgan fingerprint density at radius 1 is 1.44 bits per heavy atom. The monoisotopic (exact) mass is 353 g/mol. The van der Waals surface area contributed by atoms with E-state index in [1.54, 1.807) is 25.1 Å². The topological polar surface area (TPSA) is 63.2 Å². The van der Waals surface area contributed by atoms with Gasteiger partial charge in [-0.25, -0.2) is 8.42 Å². The van der Waals surface area contributed by atoms with E-state index >= 15 is 0 Å². The second kappa shape index (κ2) is 6.54. The number of hydrogen-bond donors (Lipinski definition) is 1. The molecule has 0 fully saturated rings. The first-order chi connectivity index (χ1) is 8.35. The lowest BCUT2D eigenvalue weighted by atomic mass is 10.2. The van der Waals surface area contributed by atoms with Crippen LogP contribution in [0.3, 0.4) is 0 Å². The highest BCUT2D eigenvalue weighted by Crippen LogP contribution is 2.21. The van der Waals surface area contributed by atoms with Crippen molar-refractivity contribution in [3.8, 4) is 0 Å². The summed E-state index contributed by atoms with van der Waals surface area (Å²) in [6.07, 6.45) is 0. The fourth-order valence-electron chi connectivity index (χ4n) is 1.23. The average molecular weight is 355 g/mol. The van der Waals surface area contributed by atoms with Gasteiger partial charge in [0.25, 0.3) is 5.91 Å². The highest BCUT2D eigenvalue weighted by Gasteiger charge is 2.12. The van der Waals surface area contributed by atoms with Gasteiger partial charge in [-0.1, -0.05) is 18.5 Å². The van der Waals surface area contributed by atoms with E-state index in [1.165, 1.54) is 0 Å². The third-order valence-corrected chi connectivity index (χ3v) is 4.91. The summed E-state index contributed by atoms with van der Waals surface area (Å²) < 4.78 is 23.1. The number of benzene rings is 1. The van der Waals surface area contributed by atoms with Crippen LogP contribution < -0.4 is 5.32 Å². The first kappa shape index (κ1) is 15.5. The first-order valence-electron chi connectivity index (χ1n) is 5.29. The maximum atomic E-state index is 11.8. The van der Waals surface area contributed by atoms with Crippen LogP contribution in [0.25, 0.3) is 0 Å². The average Bonchev–Trinajstić information content (AvgIpc) is 2.28. The summed E-state index contributed by atoms with van der Waals surface area (Å²) >= 11 is 8.99. The predicted octanol–water partition coefficient (Wildman–Crippen LogP) is 2.27. The van der Waals surface area contributed by atoms with Crippen LogP contribution in [0.4, 0.5) is 0 Å². The van der Waals surface area contributed by atoms with Gasteiger partial charge in [-0.2, -0.15) is 0 Å². The summed E-state index contributed by atoms with van der Waals surface area (Å²) in [5.41, 5.74) is 0.424. The van der Waals surface area contributed by atoms with E-state index in [4.69, 9.17) is 11.6 Å². The normalized spacial score (nSPS) is 11.3. The fourth-order valence-corrected chi connectivity index (χ4v) is 2.80. The lowest BCUT2D eigenvalue weighted by molar-refractivity contribution is 0.0955. The van der Waals surface area contributed by atoms with Crippen LogP contribution in [0.2, 0.25) is 5.02 Å². The number of hydrogen-bond acceptors (Lipinski definition) is 3. The van der Waals surface area contributed by atoms with Crippen molar-refractivity contribution in [3.05, 3.63) is 33.3 Å². The third kappa shape index (κ3) is 4.59. The minimum atomic E-state index is -3.06. The van der Waals surface area contributed by atoms with Crippen LogP contribution in [-0.4, -0.2) is 32.4 Å². The van der Waals surface area contributed by atoms with Crippen molar-refractivity contribution in [1.82, 2.24) is 5.32 Å². The Kier molecular flexibility index (Phi) is 5.62. The maximum absolute atomic E-state index is 11.8. The standard InChI is InChI=1S/C11H13BrClNO3S/c1-2-18(16,17)6-5-14-11(15)9-4-3-8(13)7-10(9)12/h3-4,7H,2,5-6H2,1H3,(H,14,15). The molecule has 0 heterocycles. The van der Waals surface area contributed by atoms with E-state index in [0.717, 1.165) is 0 Å². The molecule has 7 heteroatoms. The third-order valence-electron chi connectivity index (χ3n) is 2.31. The summed E-state index contributed by atoms with van der Waals surface area (Å²) in [7, 11) is -3.06. The lowest BCUT2D eigenvalue weighted by Crippen LogP contribution is -2.29. The van der Waals surface area contributed by atoms with Crippen molar-refractivity contribution in [2.24, 2.45) is 0 Å². The van der Waals surface area contributed by atoms with E-state index in [-0.39, 0.29) is 24.0 Å². The molecule has 0 saturated heterocycles. The van der Waals surface area contributed by atoms with Crippen molar-refractivity contribution >= 4 is 43.3 Å². The zero-order valence-electron chi connectivity index (χ0n) is 9.74. The number of amides is 1. The summed E-state index contributed by atoms with van der Waals surface area (Å²) in [6.45, 7) is 1.68. The van der Waals surface area contributed by atoms with Crippen molar-refractivity contribution in [2.75, 3.05) is 18.1 Å². The zero-order chi connectivity index (χ0) is 13.8. The van der Waals surface area contributed by atoms with Crippen LogP contribution in [-0.2, 0) is 9.84 Å². The molecule has 0 aliphatic heterocycles. The van der Waals surface area contributed by atoms with Crippen LogP contribution >= 0.6 is 27.5 Å². The molecule has 1 aromatic carbocycles. The van der Waals surface area contributed by atoms with Gasteiger partial charge >= 0.3 is 0 Å². The fraction of sp³-hybridized carbons (Fsp3) is 0.364. The predicted molar refractivity (Wildman–Crippen MR) is 75.8 cm³/mol. The molecule has 0 radical (unpaired) electrons. The lowest BCUT2D eigenvalue weighted by Gasteiger charge is -2.07. The molecule has 100 valence electrons. The van der Waals surface area contributed by atoms with Gasteiger partial charge in [-0.3, -0.25) is 4.79 Å². The van der Waals surface area contributed by atoms with Crippen LogP contribution in [0, 0.1) is 0 Å². The molecule has 1 rings (SSSR count). The van der Waals surface area contributed by atoms with E-state index in [1.807, 2.05) is 0 Å².